The Bertz CT molecular complexity index is 587. The van der Waals surface area contributed by atoms with Gasteiger partial charge < -0.3 is 0 Å². The lowest BCUT2D eigenvalue weighted by Crippen LogP contribution is -2.14. The molecular formula is C14H15FN2O. The highest BCUT2D eigenvalue weighted by molar-refractivity contribution is 6.08. The van der Waals surface area contributed by atoms with Gasteiger partial charge in [-0.2, -0.15) is 5.10 Å². The second-order valence-electron chi connectivity index (χ2n) is 4.57. The summed E-state index contributed by atoms with van der Waals surface area (Å²) in [4.78, 5) is 12.3. The number of carbonyl (C=O) groups is 1. The van der Waals surface area contributed by atoms with Gasteiger partial charge in [-0.1, -0.05) is 6.07 Å². The summed E-state index contributed by atoms with van der Waals surface area (Å²) in [6.07, 6.45) is 1.55. The SMILES string of the molecule is Cc1ccc(C(=O)c2ccnn2C(C)C)c(F)c1. The minimum atomic E-state index is -0.489. The van der Waals surface area contributed by atoms with Crippen molar-refractivity contribution < 1.29 is 9.18 Å². The van der Waals surface area contributed by atoms with E-state index in [0.29, 0.717) is 5.69 Å². The number of hydrogen-bond acceptors (Lipinski definition) is 2. The van der Waals surface area contributed by atoms with Crippen molar-refractivity contribution in [2.75, 3.05) is 0 Å². The Hall–Kier alpha value is -1.97. The van der Waals surface area contributed by atoms with Gasteiger partial charge in [0.2, 0.25) is 5.78 Å². The van der Waals surface area contributed by atoms with Crippen LogP contribution in [0.5, 0.6) is 0 Å². The minimum absolute atomic E-state index is 0.0625. The summed E-state index contributed by atoms with van der Waals surface area (Å²) in [5.41, 5.74) is 1.29. The van der Waals surface area contributed by atoms with E-state index in [4.69, 9.17) is 0 Å². The topological polar surface area (TPSA) is 34.9 Å². The van der Waals surface area contributed by atoms with Gasteiger partial charge in [0, 0.05) is 12.2 Å². The number of benzene rings is 1. The lowest BCUT2D eigenvalue weighted by Gasteiger charge is -2.10. The third-order valence-corrected chi connectivity index (χ3v) is 2.76. The molecule has 3 nitrogen and oxygen atoms in total. The van der Waals surface area contributed by atoms with Crippen molar-refractivity contribution in [3.8, 4) is 0 Å². The molecule has 0 N–H and O–H groups in total. The van der Waals surface area contributed by atoms with Crippen molar-refractivity contribution in [3.63, 3.8) is 0 Å². The highest BCUT2D eigenvalue weighted by Gasteiger charge is 2.19. The van der Waals surface area contributed by atoms with E-state index in [1.165, 1.54) is 12.1 Å². The zero-order chi connectivity index (χ0) is 13.3. The number of aromatic nitrogens is 2. The third-order valence-electron chi connectivity index (χ3n) is 2.76. The molecule has 2 aromatic rings. The van der Waals surface area contributed by atoms with E-state index in [1.54, 1.807) is 29.9 Å². The molecule has 2 rings (SSSR count). The van der Waals surface area contributed by atoms with Gasteiger partial charge in [-0.15, -0.1) is 0 Å². The number of hydrogen-bond donors (Lipinski definition) is 0. The fourth-order valence-electron chi connectivity index (χ4n) is 1.85. The third kappa shape index (κ3) is 2.18. The summed E-state index contributed by atoms with van der Waals surface area (Å²) in [5.74, 6) is -0.824. The summed E-state index contributed by atoms with van der Waals surface area (Å²) in [5, 5.41) is 4.08. The van der Waals surface area contributed by atoms with Gasteiger partial charge in [0.15, 0.2) is 0 Å². The monoisotopic (exact) mass is 246 g/mol. The van der Waals surface area contributed by atoms with E-state index < -0.39 is 5.82 Å². The highest BCUT2D eigenvalue weighted by Crippen LogP contribution is 2.17. The molecule has 1 heterocycles. The number of rotatable bonds is 3. The predicted molar refractivity (Wildman–Crippen MR) is 67.2 cm³/mol. The Morgan fingerprint density at radius 3 is 2.67 bits per heavy atom. The highest BCUT2D eigenvalue weighted by atomic mass is 19.1. The summed E-state index contributed by atoms with van der Waals surface area (Å²) < 4.78 is 15.4. The first kappa shape index (κ1) is 12.5. The van der Waals surface area contributed by atoms with Crippen LogP contribution in [0.15, 0.2) is 30.5 Å². The summed E-state index contributed by atoms with van der Waals surface area (Å²) in [7, 11) is 0. The van der Waals surface area contributed by atoms with Crippen LogP contribution in [-0.4, -0.2) is 15.6 Å². The van der Waals surface area contributed by atoms with E-state index in [1.807, 2.05) is 13.8 Å². The van der Waals surface area contributed by atoms with Gasteiger partial charge in [0.25, 0.3) is 0 Å². The van der Waals surface area contributed by atoms with E-state index >= 15 is 0 Å². The minimum Gasteiger partial charge on any atom is -0.287 e. The predicted octanol–water partition coefficient (Wildman–Crippen LogP) is 3.14. The number of aryl methyl sites for hydroxylation is 1. The molecule has 94 valence electrons. The molecule has 18 heavy (non-hydrogen) atoms. The molecule has 1 aromatic heterocycles. The Labute approximate surface area is 105 Å². The quantitative estimate of drug-likeness (QED) is 0.780. The molecule has 0 aliphatic carbocycles. The van der Waals surface area contributed by atoms with Crippen molar-refractivity contribution in [2.45, 2.75) is 26.8 Å². The smallest absolute Gasteiger partial charge is 0.213 e. The average Bonchev–Trinajstić information content (AvgIpc) is 2.77. The maximum Gasteiger partial charge on any atom is 0.213 e. The lowest BCUT2D eigenvalue weighted by molar-refractivity contribution is 0.102. The lowest BCUT2D eigenvalue weighted by atomic mass is 10.1. The fraction of sp³-hybridized carbons (Fsp3) is 0.286. The average molecular weight is 246 g/mol. The Morgan fingerprint density at radius 1 is 1.33 bits per heavy atom. The Kier molecular flexibility index (Phi) is 3.28. The van der Waals surface area contributed by atoms with Crippen LogP contribution < -0.4 is 0 Å². The van der Waals surface area contributed by atoms with Crippen molar-refractivity contribution in [3.05, 3.63) is 53.1 Å². The Balaban J connectivity index is 2.45. The molecule has 4 heteroatoms. The molecule has 0 bridgehead atoms. The molecule has 0 aliphatic rings. The van der Waals surface area contributed by atoms with E-state index in [-0.39, 0.29) is 17.4 Å². The van der Waals surface area contributed by atoms with Crippen molar-refractivity contribution in [2.24, 2.45) is 0 Å². The molecule has 0 radical (unpaired) electrons. The molecule has 0 atom stereocenters. The van der Waals surface area contributed by atoms with Gasteiger partial charge in [0.1, 0.15) is 11.5 Å². The molecular weight excluding hydrogens is 231 g/mol. The van der Waals surface area contributed by atoms with Crippen LogP contribution in [-0.2, 0) is 0 Å². The molecule has 1 aromatic carbocycles. The molecule has 0 saturated heterocycles. The van der Waals surface area contributed by atoms with E-state index in [9.17, 15) is 9.18 Å². The van der Waals surface area contributed by atoms with Crippen LogP contribution >= 0.6 is 0 Å². The van der Waals surface area contributed by atoms with Crippen LogP contribution in [0.25, 0.3) is 0 Å². The number of carbonyl (C=O) groups excluding carboxylic acids is 1. The molecule has 0 fully saturated rings. The van der Waals surface area contributed by atoms with E-state index in [0.717, 1.165) is 5.56 Å². The summed E-state index contributed by atoms with van der Waals surface area (Å²) in [6.45, 7) is 5.64. The number of ketones is 1. The van der Waals surface area contributed by atoms with Crippen LogP contribution in [0.1, 0.15) is 41.5 Å². The summed E-state index contributed by atoms with van der Waals surface area (Å²) in [6, 6.07) is 6.29. The van der Waals surface area contributed by atoms with Crippen LogP contribution in [0.2, 0.25) is 0 Å². The van der Waals surface area contributed by atoms with Crippen LogP contribution in [0.3, 0.4) is 0 Å². The van der Waals surface area contributed by atoms with Crippen molar-refractivity contribution in [1.29, 1.82) is 0 Å². The largest absolute Gasteiger partial charge is 0.287 e. The molecule has 0 unspecified atom stereocenters. The van der Waals surface area contributed by atoms with Gasteiger partial charge in [-0.05, 0) is 44.5 Å². The zero-order valence-electron chi connectivity index (χ0n) is 10.6. The fourth-order valence-corrected chi connectivity index (χ4v) is 1.85. The number of nitrogens with zero attached hydrogens (tertiary/aromatic N) is 2. The standard InChI is InChI=1S/C14H15FN2O/c1-9(2)17-13(6-7-16-17)14(18)11-5-4-10(3)8-12(11)15/h4-9H,1-3H3. The van der Waals surface area contributed by atoms with Crippen LogP contribution in [0.4, 0.5) is 4.39 Å². The molecule has 0 saturated carbocycles. The normalized spacial score (nSPS) is 10.9. The zero-order valence-corrected chi connectivity index (χ0v) is 10.6. The maximum atomic E-state index is 13.8. The molecule has 0 aliphatic heterocycles. The molecule has 0 amide bonds. The van der Waals surface area contributed by atoms with Crippen molar-refractivity contribution >= 4 is 5.78 Å². The number of halogens is 1. The van der Waals surface area contributed by atoms with E-state index in [2.05, 4.69) is 5.10 Å². The molecule has 0 spiro atoms. The van der Waals surface area contributed by atoms with Crippen LogP contribution in [0, 0.1) is 12.7 Å². The second-order valence-corrected chi connectivity index (χ2v) is 4.57. The first-order valence-electron chi connectivity index (χ1n) is 5.85. The second kappa shape index (κ2) is 4.72. The maximum absolute atomic E-state index is 13.8. The first-order chi connectivity index (χ1) is 8.50. The first-order valence-corrected chi connectivity index (χ1v) is 5.85. The Morgan fingerprint density at radius 2 is 2.06 bits per heavy atom. The summed E-state index contributed by atoms with van der Waals surface area (Å²) >= 11 is 0. The van der Waals surface area contributed by atoms with Crippen molar-refractivity contribution in [1.82, 2.24) is 9.78 Å². The van der Waals surface area contributed by atoms with Gasteiger partial charge in [0.05, 0.1) is 5.56 Å². The van der Waals surface area contributed by atoms with Gasteiger partial charge in [-0.3, -0.25) is 9.48 Å². The van der Waals surface area contributed by atoms with Gasteiger partial charge in [-0.25, -0.2) is 4.39 Å². The van der Waals surface area contributed by atoms with Gasteiger partial charge >= 0.3 is 0 Å².